The Balaban J connectivity index is 2.06. The van der Waals surface area contributed by atoms with Gasteiger partial charge in [0.1, 0.15) is 6.61 Å². The van der Waals surface area contributed by atoms with Gasteiger partial charge >= 0.3 is 0 Å². The van der Waals surface area contributed by atoms with E-state index in [1.807, 2.05) is 0 Å². The van der Waals surface area contributed by atoms with Gasteiger partial charge in [-0.2, -0.15) is 5.11 Å². The standard InChI is InChI=1S/C15H30N2O/c1-2-4-6-8-10-12-14-16-17-18-15-13-11-9-7-5-3-1/h1-15H2. The van der Waals surface area contributed by atoms with E-state index < -0.39 is 0 Å². The second-order valence-electron chi connectivity index (χ2n) is 5.38. The van der Waals surface area contributed by atoms with Crippen LogP contribution >= 0.6 is 0 Å². The summed E-state index contributed by atoms with van der Waals surface area (Å²) in [6.07, 6.45) is 17.5. The summed E-state index contributed by atoms with van der Waals surface area (Å²) in [4.78, 5) is 5.14. The van der Waals surface area contributed by atoms with E-state index in [2.05, 4.69) is 10.4 Å². The van der Waals surface area contributed by atoms with E-state index in [9.17, 15) is 0 Å². The van der Waals surface area contributed by atoms with Crippen molar-refractivity contribution in [2.45, 2.75) is 83.5 Å². The summed E-state index contributed by atoms with van der Waals surface area (Å²) in [7, 11) is 0. The molecule has 0 spiro atoms. The third kappa shape index (κ3) is 10.5. The molecule has 0 fully saturated rings. The maximum absolute atomic E-state index is 5.14. The molecule has 0 bridgehead atoms. The SMILES string of the molecule is C1CCCCCCCN=NOCCCCCCC1. The second-order valence-corrected chi connectivity index (χ2v) is 5.38. The van der Waals surface area contributed by atoms with Crippen LogP contribution in [0.4, 0.5) is 0 Å². The summed E-state index contributed by atoms with van der Waals surface area (Å²) in [5.41, 5.74) is 0. The molecular weight excluding hydrogens is 224 g/mol. The zero-order valence-electron chi connectivity index (χ0n) is 11.9. The minimum Gasteiger partial charge on any atom is -0.380 e. The summed E-state index contributed by atoms with van der Waals surface area (Å²) in [5, 5.41) is 7.80. The van der Waals surface area contributed by atoms with Crippen molar-refractivity contribution in [2.24, 2.45) is 10.4 Å². The summed E-state index contributed by atoms with van der Waals surface area (Å²) in [6, 6.07) is 0. The number of hydrogen-bond donors (Lipinski definition) is 0. The number of nitrogens with zero attached hydrogens (tertiary/aromatic N) is 2. The van der Waals surface area contributed by atoms with Crippen molar-refractivity contribution >= 4 is 0 Å². The summed E-state index contributed by atoms with van der Waals surface area (Å²) < 4.78 is 0. The molecule has 1 rings (SSSR count). The molecule has 0 aliphatic carbocycles. The second kappa shape index (κ2) is 12.8. The van der Waals surface area contributed by atoms with Gasteiger partial charge in [-0.3, -0.25) is 0 Å². The molecule has 0 aromatic heterocycles. The molecule has 0 amide bonds. The van der Waals surface area contributed by atoms with Crippen molar-refractivity contribution in [3.8, 4) is 0 Å². The lowest BCUT2D eigenvalue weighted by molar-refractivity contribution is 0.117. The van der Waals surface area contributed by atoms with Crippen molar-refractivity contribution in [1.82, 2.24) is 0 Å². The van der Waals surface area contributed by atoms with E-state index in [-0.39, 0.29) is 0 Å². The maximum atomic E-state index is 5.14. The lowest BCUT2D eigenvalue weighted by atomic mass is 10.0. The molecule has 0 aromatic rings. The van der Waals surface area contributed by atoms with Crippen molar-refractivity contribution in [2.75, 3.05) is 13.2 Å². The van der Waals surface area contributed by atoms with Gasteiger partial charge in [0.2, 0.25) is 0 Å². The minimum absolute atomic E-state index is 0.740. The smallest absolute Gasteiger partial charge is 0.119 e. The molecule has 0 unspecified atom stereocenters. The Morgan fingerprint density at radius 2 is 0.944 bits per heavy atom. The molecule has 0 saturated heterocycles. The van der Waals surface area contributed by atoms with Crippen LogP contribution in [0.2, 0.25) is 0 Å². The fourth-order valence-corrected chi connectivity index (χ4v) is 2.42. The fourth-order valence-electron chi connectivity index (χ4n) is 2.42. The van der Waals surface area contributed by atoms with Gasteiger partial charge in [-0.15, -0.1) is 0 Å². The van der Waals surface area contributed by atoms with Crippen LogP contribution in [-0.4, -0.2) is 13.2 Å². The molecule has 1 aliphatic rings. The van der Waals surface area contributed by atoms with Gasteiger partial charge in [0.15, 0.2) is 0 Å². The summed E-state index contributed by atoms with van der Waals surface area (Å²) in [6.45, 7) is 1.57. The molecule has 0 aromatic carbocycles. The minimum atomic E-state index is 0.740. The van der Waals surface area contributed by atoms with Crippen LogP contribution in [0.5, 0.6) is 0 Å². The third-order valence-electron chi connectivity index (χ3n) is 3.61. The van der Waals surface area contributed by atoms with Crippen molar-refractivity contribution in [1.29, 1.82) is 0 Å². The molecule has 0 saturated carbocycles. The molecule has 3 heteroatoms. The summed E-state index contributed by atoms with van der Waals surface area (Å²) >= 11 is 0. The largest absolute Gasteiger partial charge is 0.380 e. The normalized spacial score (nSPS) is 22.7. The highest BCUT2D eigenvalue weighted by molar-refractivity contribution is 4.50. The first-order chi connectivity index (χ1) is 9.00. The Morgan fingerprint density at radius 3 is 1.50 bits per heavy atom. The van der Waals surface area contributed by atoms with E-state index in [1.54, 1.807) is 0 Å². The van der Waals surface area contributed by atoms with E-state index in [0.717, 1.165) is 26.0 Å². The highest BCUT2D eigenvalue weighted by atomic mass is 16.6. The van der Waals surface area contributed by atoms with Gasteiger partial charge in [0, 0.05) is 5.28 Å². The first-order valence-corrected chi connectivity index (χ1v) is 7.99. The number of rotatable bonds is 0. The molecule has 18 heavy (non-hydrogen) atoms. The van der Waals surface area contributed by atoms with Gasteiger partial charge in [-0.05, 0) is 19.3 Å². The lowest BCUT2D eigenvalue weighted by Gasteiger charge is -2.03. The average Bonchev–Trinajstić information content (AvgIpc) is 2.39. The van der Waals surface area contributed by atoms with Crippen molar-refractivity contribution < 1.29 is 4.84 Å². The maximum Gasteiger partial charge on any atom is 0.119 e. The highest BCUT2D eigenvalue weighted by Crippen LogP contribution is 2.12. The highest BCUT2D eigenvalue weighted by Gasteiger charge is 1.95. The van der Waals surface area contributed by atoms with Crippen molar-refractivity contribution in [3.63, 3.8) is 0 Å². The van der Waals surface area contributed by atoms with Gasteiger partial charge in [0.25, 0.3) is 0 Å². The van der Waals surface area contributed by atoms with Crippen molar-refractivity contribution in [3.05, 3.63) is 0 Å². The molecule has 0 N–H and O–H groups in total. The predicted octanol–water partition coefficient (Wildman–Crippen LogP) is 5.46. The molecular formula is C15H30N2O. The first kappa shape index (κ1) is 15.5. The molecule has 1 aliphatic heterocycles. The van der Waals surface area contributed by atoms with Crippen LogP contribution in [0.25, 0.3) is 0 Å². The Morgan fingerprint density at radius 1 is 0.500 bits per heavy atom. The van der Waals surface area contributed by atoms with Gasteiger partial charge in [-0.25, -0.2) is 0 Å². The zero-order valence-corrected chi connectivity index (χ0v) is 11.9. The monoisotopic (exact) mass is 254 g/mol. The van der Waals surface area contributed by atoms with E-state index in [0.29, 0.717) is 0 Å². The van der Waals surface area contributed by atoms with Crippen LogP contribution in [0, 0.1) is 0 Å². The summed E-state index contributed by atoms with van der Waals surface area (Å²) in [5.74, 6) is 0. The zero-order chi connectivity index (χ0) is 12.7. The Bertz CT molecular complexity index is 175. The van der Waals surface area contributed by atoms with Crippen LogP contribution < -0.4 is 0 Å². The molecule has 0 radical (unpaired) electrons. The third-order valence-corrected chi connectivity index (χ3v) is 3.61. The molecule has 1 heterocycles. The Kier molecular flexibility index (Phi) is 11.0. The van der Waals surface area contributed by atoms with E-state index in [4.69, 9.17) is 4.84 Å². The molecule has 106 valence electrons. The Labute approximate surface area is 112 Å². The molecule has 3 nitrogen and oxygen atoms in total. The van der Waals surface area contributed by atoms with Crippen LogP contribution in [-0.2, 0) is 4.84 Å². The average molecular weight is 254 g/mol. The van der Waals surface area contributed by atoms with Gasteiger partial charge in [0.05, 0.1) is 6.54 Å². The lowest BCUT2D eigenvalue weighted by Crippen LogP contribution is -1.89. The first-order valence-electron chi connectivity index (χ1n) is 7.99. The van der Waals surface area contributed by atoms with Crippen LogP contribution in [0.15, 0.2) is 10.4 Å². The van der Waals surface area contributed by atoms with Crippen LogP contribution in [0.3, 0.4) is 0 Å². The quantitative estimate of drug-likeness (QED) is 0.565. The van der Waals surface area contributed by atoms with Crippen LogP contribution in [0.1, 0.15) is 83.5 Å². The number of hydrogen-bond acceptors (Lipinski definition) is 3. The van der Waals surface area contributed by atoms with E-state index >= 15 is 0 Å². The van der Waals surface area contributed by atoms with E-state index in [1.165, 1.54) is 70.6 Å². The van der Waals surface area contributed by atoms with Gasteiger partial charge < -0.3 is 4.84 Å². The van der Waals surface area contributed by atoms with Gasteiger partial charge in [-0.1, -0.05) is 64.2 Å². The predicted molar refractivity (Wildman–Crippen MR) is 75.7 cm³/mol. The fraction of sp³-hybridized carbons (Fsp3) is 1.00. The molecule has 0 atom stereocenters. The Hall–Kier alpha value is -0.600. The topological polar surface area (TPSA) is 34.0 Å².